The van der Waals surface area contributed by atoms with E-state index in [2.05, 4.69) is 148 Å². The molecule has 0 heterocycles. The molecular formula is C40H48. The average molecular weight is 529 g/mol. The number of allylic oxidation sites excluding steroid dienone is 4. The van der Waals surface area contributed by atoms with Crippen LogP contribution in [0.5, 0.6) is 0 Å². The molecule has 3 aliphatic carbocycles. The van der Waals surface area contributed by atoms with Crippen molar-refractivity contribution in [1.82, 2.24) is 0 Å². The Balaban J connectivity index is 1.66. The highest BCUT2D eigenvalue weighted by molar-refractivity contribution is 5.82. The van der Waals surface area contributed by atoms with E-state index < -0.39 is 0 Å². The van der Waals surface area contributed by atoms with Crippen LogP contribution < -0.4 is 0 Å². The molecule has 0 N–H and O–H groups in total. The number of hydrogen-bond donors (Lipinski definition) is 0. The summed E-state index contributed by atoms with van der Waals surface area (Å²) in [5.41, 5.74) is 13.8. The van der Waals surface area contributed by atoms with Gasteiger partial charge in [-0.25, -0.2) is 0 Å². The molecule has 3 atom stereocenters. The summed E-state index contributed by atoms with van der Waals surface area (Å²) in [5, 5.41) is 0. The van der Waals surface area contributed by atoms with Crippen LogP contribution >= 0.6 is 0 Å². The molecule has 0 saturated heterocycles. The molecule has 208 valence electrons. The third-order valence-corrected chi connectivity index (χ3v) is 10.2. The lowest BCUT2D eigenvalue weighted by Gasteiger charge is -2.42. The van der Waals surface area contributed by atoms with Gasteiger partial charge in [0.1, 0.15) is 0 Å². The molecule has 3 aromatic carbocycles. The van der Waals surface area contributed by atoms with Gasteiger partial charge in [-0.05, 0) is 73.1 Å². The van der Waals surface area contributed by atoms with Crippen LogP contribution in [0.25, 0.3) is 11.1 Å². The molecule has 0 aromatic heterocycles. The molecular weight excluding hydrogens is 480 g/mol. The van der Waals surface area contributed by atoms with Crippen LogP contribution in [0.15, 0.2) is 90.0 Å². The van der Waals surface area contributed by atoms with Crippen molar-refractivity contribution >= 4 is 0 Å². The van der Waals surface area contributed by atoms with Gasteiger partial charge in [0, 0.05) is 17.3 Å². The predicted molar refractivity (Wildman–Crippen MR) is 172 cm³/mol. The molecule has 0 bridgehead atoms. The van der Waals surface area contributed by atoms with E-state index in [1.54, 1.807) is 5.57 Å². The Morgan fingerprint density at radius 1 is 0.650 bits per heavy atom. The number of hydrogen-bond acceptors (Lipinski definition) is 0. The Labute approximate surface area is 243 Å². The Morgan fingerprint density at radius 3 is 1.65 bits per heavy atom. The minimum atomic E-state index is -0.0218. The minimum Gasteiger partial charge on any atom is -0.0726 e. The van der Waals surface area contributed by atoms with Crippen LogP contribution in [0.3, 0.4) is 0 Å². The highest BCUT2D eigenvalue weighted by Gasteiger charge is 2.57. The summed E-state index contributed by atoms with van der Waals surface area (Å²) in [6.07, 6.45) is 6.41. The lowest BCUT2D eigenvalue weighted by Crippen LogP contribution is -2.37. The molecule has 0 radical (unpaired) electrons. The molecule has 0 spiro atoms. The second-order valence-corrected chi connectivity index (χ2v) is 16.0. The molecule has 3 aromatic rings. The first-order chi connectivity index (χ1) is 18.6. The van der Waals surface area contributed by atoms with Crippen molar-refractivity contribution in [3.8, 4) is 11.1 Å². The van der Waals surface area contributed by atoms with Crippen LogP contribution in [0.4, 0.5) is 0 Å². The Bertz CT molecular complexity index is 1460. The average Bonchev–Trinajstić information content (AvgIpc) is 3.54. The predicted octanol–water partition coefficient (Wildman–Crippen LogP) is 10.9. The highest BCUT2D eigenvalue weighted by atomic mass is 14.6. The third kappa shape index (κ3) is 4.08. The minimum absolute atomic E-state index is 0.0218. The number of rotatable bonds is 2. The summed E-state index contributed by atoms with van der Waals surface area (Å²) in [6, 6.07) is 26.4. The van der Waals surface area contributed by atoms with Crippen LogP contribution in [0.1, 0.15) is 109 Å². The van der Waals surface area contributed by atoms with Crippen molar-refractivity contribution < 1.29 is 0 Å². The molecule has 40 heavy (non-hydrogen) atoms. The van der Waals surface area contributed by atoms with Gasteiger partial charge in [-0.15, -0.1) is 0 Å². The van der Waals surface area contributed by atoms with Gasteiger partial charge >= 0.3 is 0 Å². The second-order valence-electron chi connectivity index (χ2n) is 16.0. The highest BCUT2D eigenvalue weighted by Crippen LogP contribution is 2.66. The molecule has 3 aliphatic rings. The molecule has 0 aliphatic heterocycles. The molecule has 1 fully saturated rings. The molecule has 0 heteroatoms. The fourth-order valence-electron chi connectivity index (χ4n) is 7.95. The van der Waals surface area contributed by atoms with Gasteiger partial charge in [-0.1, -0.05) is 154 Å². The molecule has 3 unspecified atom stereocenters. The van der Waals surface area contributed by atoms with Crippen molar-refractivity contribution in [2.24, 2.45) is 17.3 Å². The van der Waals surface area contributed by atoms with Crippen molar-refractivity contribution in [1.29, 1.82) is 0 Å². The quantitative estimate of drug-likeness (QED) is 0.310. The summed E-state index contributed by atoms with van der Waals surface area (Å²) in [5.74, 6) is 1.28. The van der Waals surface area contributed by atoms with Crippen LogP contribution in [-0.4, -0.2) is 0 Å². The van der Waals surface area contributed by atoms with E-state index in [0.29, 0.717) is 17.8 Å². The van der Waals surface area contributed by atoms with E-state index in [4.69, 9.17) is 0 Å². The van der Waals surface area contributed by atoms with E-state index >= 15 is 0 Å². The van der Waals surface area contributed by atoms with Crippen molar-refractivity contribution in [2.75, 3.05) is 0 Å². The lowest BCUT2D eigenvalue weighted by atomic mass is 9.60. The van der Waals surface area contributed by atoms with Gasteiger partial charge < -0.3 is 0 Å². The summed E-state index contributed by atoms with van der Waals surface area (Å²) >= 11 is 0. The van der Waals surface area contributed by atoms with Gasteiger partial charge in [0.25, 0.3) is 0 Å². The van der Waals surface area contributed by atoms with Gasteiger partial charge in [0.15, 0.2) is 0 Å². The standard InChI is InChI=1S/C40H48/c1-25-24-40(26-14-12-11-13-15-26,35-23-29(22-32(25)35)39(8,9)10)36-30-18-16-27(37(2,3)4)20-33(30)34-21-28(38(5,6)7)17-19-31(34)36/h11-23,25,35-36H,24H2,1-10H3. The van der Waals surface area contributed by atoms with Crippen molar-refractivity contribution in [3.63, 3.8) is 0 Å². The first-order valence-corrected chi connectivity index (χ1v) is 15.4. The second kappa shape index (κ2) is 8.82. The number of benzene rings is 3. The summed E-state index contributed by atoms with van der Waals surface area (Å²) < 4.78 is 0. The first kappa shape index (κ1) is 27.3. The normalized spacial score (nSPS) is 24.4. The Hall–Kier alpha value is -2.86. The van der Waals surface area contributed by atoms with E-state index in [9.17, 15) is 0 Å². The maximum absolute atomic E-state index is 2.66. The summed E-state index contributed by atoms with van der Waals surface area (Å²) in [7, 11) is 0. The smallest absolute Gasteiger partial charge is 0.0208 e. The van der Waals surface area contributed by atoms with Gasteiger partial charge in [-0.3, -0.25) is 0 Å². The van der Waals surface area contributed by atoms with Crippen LogP contribution in [0, 0.1) is 17.3 Å². The third-order valence-electron chi connectivity index (χ3n) is 10.2. The first-order valence-electron chi connectivity index (χ1n) is 15.4. The molecule has 0 nitrogen and oxygen atoms in total. The summed E-state index contributed by atoms with van der Waals surface area (Å²) in [6.45, 7) is 23.6. The zero-order valence-corrected chi connectivity index (χ0v) is 26.4. The fraction of sp³-hybridized carbons (Fsp3) is 0.450. The van der Waals surface area contributed by atoms with E-state index in [0.717, 1.165) is 0 Å². The van der Waals surface area contributed by atoms with E-state index in [1.165, 1.54) is 50.9 Å². The topological polar surface area (TPSA) is 0 Å². The SMILES string of the molecule is CC1CC(c2ccccc2)(C2c3ccc(C(C)(C)C)cc3-c3cc(C(C)(C)C)ccc32)C2C=C(C(C)(C)C)C=C12. The maximum Gasteiger partial charge on any atom is 0.0208 e. The Kier molecular flexibility index (Phi) is 6.02. The monoisotopic (exact) mass is 528 g/mol. The van der Waals surface area contributed by atoms with Crippen molar-refractivity contribution in [3.05, 3.63) is 118 Å². The molecule has 1 saturated carbocycles. The zero-order valence-electron chi connectivity index (χ0n) is 26.4. The lowest BCUT2D eigenvalue weighted by molar-refractivity contribution is 0.330. The Morgan fingerprint density at radius 2 is 1.18 bits per heavy atom. The van der Waals surface area contributed by atoms with Crippen LogP contribution in [0.2, 0.25) is 0 Å². The van der Waals surface area contributed by atoms with Gasteiger partial charge in [0.05, 0.1) is 0 Å². The zero-order chi connectivity index (χ0) is 28.8. The molecule has 6 rings (SSSR count). The molecule has 0 amide bonds. The fourth-order valence-corrected chi connectivity index (χ4v) is 7.95. The number of fused-ring (bicyclic) bond motifs is 4. The van der Waals surface area contributed by atoms with Gasteiger partial charge in [0.2, 0.25) is 0 Å². The van der Waals surface area contributed by atoms with E-state index in [1.807, 2.05) is 0 Å². The van der Waals surface area contributed by atoms with Crippen molar-refractivity contribution in [2.45, 2.75) is 97.8 Å². The van der Waals surface area contributed by atoms with Gasteiger partial charge in [-0.2, -0.15) is 0 Å². The largest absolute Gasteiger partial charge is 0.0726 e. The summed E-state index contributed by atoms with van der Waals surface area (Å²) in [4.78, 5) is 0. The maximum atomic E-state index is 2.66. The van der Waals surface area contributed by atoms with Crippen LogP contribution in [-0.2, 0) is 16.2 Å². The van der Waals surface area contributed by atoms with E-state index in [-0.39, 0.29) is 21.7 Å².